The molecule has 1 aromatic heterocycles. The average molecular weight is 280 g/mol. The second-order valence-corrected chi connectivity index (χ2v) is 8.20. The molecule has 3 atom stereocenters. The fourth-order valence-corrected chi connectivity index (χ4v) is 3.90. The van der Waals surface area contributed by atoms with E-state index in [1.165, 1.54) is 30.0 Å². The number of thiazole rings is 1. The van der Waals surface area contributed by atoms with Gasteiger partial charge in [-0.25, -0.2) is 4.98 Å². The number of nitrogens with zero attached hydrogens (tertiary/aromatic N) is 1. The van der Waals surface area contributed by atoms with Gasteiger partial charge in [0, 0.05) is 23.4 Å². The average Bonchev–Trinajstić information content (AvgIpc) is 2.76. The number of hydrogen-bond donors (Lipinski definition) is 1. The number of aromatic nitrogens is 1. The Labute approximate surface area is 122 Å². The van der Waals surface area contributed by atoms with Gasteiger partial charge in [-0.05, 0) is 31.1 Å². The smallest absolute Gasteiger partial charge is 0.107 e. The van der Waals surface area contributed by atoms with Gasteiger partial charge >= 0.3 is 0 Å². The molecule has 3 unspecified atom stereocenters. The van der Waals surface area contributed by atoms with Crippen molar-refractivity contribution in [2.75, 3.05) is 0 Å². The molecule has 0 radical (unpaired) electrons. The highest BCUT2D eigenvalue weighted by Gasteiger charge is 2.25. The first kappa shape index (κ1) is 15.0. The van der Waals surface area contributed by atoms with E-state index in [0.717, 1.165) is 18.4 Å². The normalized spacial score (nSPS) is 28.6. The summed E-state index contributed by atoms with van der Waals surface area (Å²) in [6.45, 7) is 12.4. The number of rotatable bonds is 3. The van der Waals surface area contributed by atoms with Crippen molar-refractivity contribution < 1.29 is 0 Å². The molecule has 1 heterocycles. The van der Waals surface area contributed by atoms with Gasteiger partial charge in [-0.2, -0.15) is 0 Å². The van der Waals surface area contributed by atoms with E-state index < -0.39 is 0 Å². The summed E-state index contributed by atoms with van der Waals surface area (Å²) in [5.74, 6) is 1.70. The standard InChI is InChI=1S/C16H28N2S/c1-11-6-7-13(12(2)8-11)17-9-15-18-14(10-19-15)16(3,4)5/h10-13,17H,6-9H2,1-5H3. The lowest BCUT2D eigenvalue weighted by molar-refractivity contribution is 0.227. The molecular weight excluding hydrogens is 252 g/mol. The number of nitrogens with one attached hydrogen (secondary N) is 1. The zero-order valence-electron chi connectivity index (χ0n) is 13.0. The Morgan fingerprint density at radius 2 is 2.05 bits per heavy atom. The Bertz CT molecular complexity index is 405. The predicted octanol–water partition coefficient (Wildman–Crippen LogP) is 4.35. The third-order valence-electron chi connectivity index (χ3n) is 4.27. The second kappa shape index (κ2) is 5.92. The van der Waals surface area contributed by atoms with Crippen LogP contribution >= 0.6 is 11.3 Å². The fourth-order valence-electron chi connectivity index (χ4n) is 2.92. The summed E-state index contributed by atoms with van der Waals surface area (Å²) in [6.07, 6.45) is 4.05. The van der Waals surface area contributed by atoms with Crippen LogP contribution in [0, 0.1) is 11.8 Å². The van der Waals surface area contributed by atoms with E-state index in [4.69, 9.17) is 4.98 Å². The lowest BCUT2D eigenvalue weighted by atomic mass is 9.80. The molecule has 0 saturated heterocycles. The van der Waals surface area contributed by atoms with Crippen LogP contribution in [0.5, 0.6) is 0 Å². The Balaban J connectivity index is 1.87. The van der Waals surface area contributed by atoms with E-state index in [-0.39, 0.29) is 5.41 Å². The van der Waals surface area contributed by atoms with Gasteiger partial charge in [-0.1, -0.05) is 34.6 Å². The molecule has 1 aliphatic carbocycles. The zero-order chi connectivity index (χ0) is 14.0. The van der Waals surface area contributed by atoms with Crippen molar-refractivity contribution >= 4 is 11.3 Å². The minimum absolute atomic E-state index is 0.169. The van der Waals surface area contributed by atoms with Crippen LogP contribution in [0.25, 0.3) is 0 Å². The van der Waals surface area contributed by atoms with Crippen LogP contribution in [0.1, 0.15) is 64.6 Å². The molecule has 1 fully saturated rings. The maximum absolute atomic E-state index is 4.76. The van der Waals surface area contributed by atoms with Crippen LogP contribution in [0.4, 0.5) is 0 Å². The molecule has 1 N–H and O–H groups in total. The molecule has 0 bridgehead atoms. The molecule has 2 nitrogen and oxygen atoms in total. The maximum atomic E-state index is 4.76. The van der Waals surface area contributed by atoms with Crippen molar-refractivity contribution in [2.24, 2.45) is 11.8 Å². The first-order chi connectivity index (χ1) is 8.86. The van der Waals surface area contributed by atoms with Crippen LogP contribution in [0.3, 0.4) is 0 Å². The first-order valence-electron chi connectivity index (χ1n) is 7.54. The summed E-state index contributed by atoms with van der Waals surface area (Å²) in [5, 5.41) is 7.16. The van der Waals surface area contributed by atoms with Gasteiger partial charge in [0.1, 0.15) is 5.01 Å². The lowest BCUT2D eigenvalue weighted by Gasteiger charge is -2.33. The summed E-state index contributed by atoms with van der Waals surface area (Å²) in [7, 11) is 0. The van der Waals surface area contributed by atoms with E-state index >= 15 is 0 Å². The van der Waals surface area contributed by atoms with Gasteiger partial charge in [-0.15, -0.1) is 11.3 Å². The SMILES string of the molecule is CC1CCC(NCc2nc(C(C)(C)C)cs2)C(C)C1. The maximum Gasteiger partial charge on any atom is 0.107 e. The minimum Gasteiger partial charge on any atom is -0.307 e. The zero-order valence-corrected chi connectivity index (χ0v) is 13.8. The summed E-state index contributed by atoms with van der Waals surface area (Å²) in [6, 6.07) is 0.679. The predicted molar refractivity (Wildman–Crippen MR) is 83.6 cm³/mol. The van der Waals surface area contributed by atoms with E-state index in [1.54, 1.807) is 11.3 Å². The lowest BCUT2D eigenvalue weighted by Crippen LogP contribution is -2.38. The number of hydrogen-bond acceptors (Lipinski definition) is 3. The third kappa shape index (κ3) is 4.03. The molecule has 1 aromatic rings. The molecule has 1 saturated carbocycles. The Hall–Kier alpha value is -0.410. The van der Waals surface area contributed by atoms with Crippen LogP contribution in [0.15, 0.2) is 5.38 Å². The summed E-state index contributed by atoms with van der Waals surface area (Å²) in [5.41, 5.74) is 1.39. The highest BCUT2D eigenvalue weighted by Crippen LogP contribution is 2.29. The summed E-state index contributed by atoms with van der Waals surface area (Å²) >= 11 is 1.79. The van der Waals surface area contributed by atoms with Gasteiger partial charge in [0.2, 0.25) is 0 Å². The molecule has 2 rings (SSSR count). The third-order valence-corrected chi connectivity index (χ3v) is 5.12. The van der Waals surface area contributed by atoms with E-state index in [9.17, 15) is 0 Å². The van der Waals surface area contributed by atoms with E-state index in [2.05, 4.69) is 45.3 Å². The van der Waals surface area contributed by atoms with Crippen LogP contribution in [-0.2, 0) is 12.0 Å². The van der Waals surface area contributed by atoms with Gasteiger partial charge in [-0.3, -0.25) is 0 Å². The topological polar surface area (TPSA) is 24.9 Å². The highest BCUT2D eigenvalue weighted by molar-refractivity contribution is 7.09. The van der Waals surface area contributed by atoms with Crippen molar-refractivity contribution in [3.63, 3.8) is 0 Å². The van der Waals surface area contributed by atoms with Gasteiger partial charge < -0.3 is 5.32 Å². The van der Waals surface area contributed by atoms with E-state index in [1.807, 2.05) is 0 Å². The largest absolute Gasteiger partial charge is 0.307 e. The molecule has 0 spiro atoms. The van der Waals surface area contributed by atoms with Gasteiger partial charge in [0.15, 0.2) is 0 Å². The molecule has 0 aromatic carbocycles. The molecule has 0 aliphatic heterocycles. The molecule has 3 heteroatoms. The van der Waals surface area contributed by atoms with Crippen molar-refractivity contribution in [3.8, 4) is 0 Å². The highest BCUT2D eigenvalue weighted by atomic mass is 32.1. The Morgan fingerprint density at radius 1 is 1.32 bits per heavy atom. The van der Waals surface area contributed by atoms with Gasteiger partial charge in [0.25, 0.3) is 0 Å². The molecule has 108 valence electrons. The monoisotopic (exact) mass is 280 g/mol. The van der Waals surface area contributed by atoms with Crippen LogP contribution in [0.2, 0.25) is 0 Å². The molecule has 1 aliphatic rings. The second-order valence-electron chi connectivity index (χ2n) is 7.26. The Kier molecular flexibility index (Phi) is 4.67. The van der Waals surface area contributed by atoms with Crippen molar-refractivity contribution in [2.45, 2.75) is 71.9 Å². The van der Waals surface area contributed by atoms with Crippen LogP contribution in [-0.4, -0.2) is 11.0 Å². The first-order valence-corrected chi connectivity index (χ1v) is 8.42. The molecule has 19 heavy (non-hydrogen) atoms. The molecular formula is C16H28N2S. The van der Waals surface area contributed by atoms with E-state index in [0.29, 0.717) is 6.04 Å². The fraction of sp³-hybridized carbons (Fsp3) is 0.812. The molecule has 0 amide bonds. The van der Waals surface area contributed by atoms with Gasteiger partial charge in [0.05, 0.1) is 5.69 Å². The summed E-state index contributed by atoms with van der Waals surface area (Å²) in [4.78, 5) is 4.76. The Morgan fingerprint density at radius 3 is 2.63 bits per heavy atom. The van der Waals surface area contributed by atoms with Crippen molar-refractivity contribution in [3.05, 3.63) is 16.1 Å². The van der Waals surface area contributed by atoms with Crippen molar-refractivity contribution in [1.82, 2.24) is 10.3 Å². The minimum atomic E-state index is 0.169. The summed E-state index contributed by atoms with van der Waals surface area (Å²) < 4.78 is 0. The van der Waals surface area contributed by atoms with Crippen LogP contribution < -0.4 is 5.32 Å². The van der Waals surface area contributed by atoms with Crippen molar-refractivity contribution in [1.29, 1.82) is 0 Å². The quantitative estimate of drug-likeness (QED) is 0.890.